The number of urea groups is 1. The number of carbonyl (C=O) groups is 1. The van der Waals surface area contributed by atoms with Gasteiger partial charge in [-0.05, 0) is 48.9 Å². The second kappa shape index (κ2) is 9.96. The van der Waals surface area contributed by atoms with Crippen molar-refractivity contribution >= 4 is 22.0 Å². The van der Waals surface area contributed by atoms with E-state index in [0.717, 1.165) is 43.5 Å². The third-order valence-corrected chi connectivity index (χ3v) is 8.17. The van der Waals surface area contributed by atoms with Gasteiger partial charge in [0, 0.05) is 42.7 Å². The van der Waals surface area contributed by atoms with Gasteiger partial charge in [0.25, 0.3) is 0 Å². The quantitative estimate of drug-likeness (QED) is 0.491. The highest BCUT2D eigenvalue weighted by Gasteiger charge is 2.45. The fourth-order valence-electron chi connectivity index (χ4n) is 5.89. The fourth-order valence-corrected chi connectivity index (χ4v) is 6.15. The van der Waals surface area contributed by atoms with E-state index in [4.69, 9.17) is 0 Å². The lowest BCUT2D eigenvalue weighted by Gasteiger charge is -2.39. The molecule has 170 valence electrons. The molecule has 3 fully saturated rings. The molecule has 2 aromatic rings. The SMILES string of the molecule is O=C1N(C2CCCCC2)C[C@@H](c2ccccc2)N1C1CCN(Cc2ccc(Br)cc2)CC1. The van der Waals surface area contributed by atoms with Crippen molar-refractivity contribution in [1.29, 1.82) is 0 Å². The number of nitrogens with zero attached hydrogens (tertiary/aromatic N) is 3. The molecule has 2 saturated heterocycles. The van der Waals surface area contributed by atoms with Crippen LogP contribution in [0.4, 0.5) is 4.79 Å². The van der Waals surface area contributed by atoms with E-state index >= 15 is 0 Å². The highest BCUT2D eigenvalue weighted by atomic mass is 79.9. The minimum Gasteiger partial charge on any atom is -0.319 e. The number of benzene rings is 2. The van der Waals surface area contributed by atoms with Crippen molar-refractivity contribution in [3.05, 3.63) is 70.2 Å². The monoisotopic (exact) mass is 495 g/mol. The van der Waals surface area contributed by atoms with Crippen molar-refractivity contribution in [2.24, 2.45) is 0 Å². The smallest absolute Gasteiger partial charge is 0.319 e. The Balaban J connectivity index is 1.29. The molecule has 0 aromatic heterocycles. The maximum Gasteiger partial charge on any atom is 0.321 e. The minimum absolute atomic E-state index is 0.189. The first-order valence-electron chi connectivity index (χ1n) is 12.3. The Labute approximate surface area is 200 Å². The molecule has 0 unspecified atom stereocenters. The summed E-state index contributed by atoms with van der Waals surface area (Å²) < 4.78 is 1.13. The number of likely N-dealkylation sites (tertiary alicyclic amines) is 1. The normalized spacial score (nSPS) is 23.8. The third-order valence-electron chi connectivity index (χ3n) is 7.64. The first-order chi connectivity index (χ1) is 15.7. The Morgan fingerprint density at radius 1 is 0.812 bits per heavy atom. The van der Waals surface area contributed by atoms with Crippen molar-refractivity contribution in [2.75, 3.05) is 19.6 Å². The number of hydrogen-bond donors (Lipinski definition) is 0. The Morgan fingerprint density at radius 2 is 1.50 bits per heavy atom. The highest BCUT2D eigenvalue weighted by molar-refractivity contribution is 9.10. The number of amides is 2. The molecule has 2 aromatic carbocycles. The second-order valence-corrected chi connectivity index (χ2v) is 10.6. The molecular weight excluding hydrogens is 462 g/mol. The molecule has 2 heterocycles. The Hall–Kier alpha value is -1.85. The fraction of sp³-hybridized carbons (Fsp3) is 0.519. The van der Waals surface area contributed by atoms with E-state index in [1.54, 1.807) is 0 Å². The maximum atomic E-state index is 13.7. The summed E-state index contributed by atoms with van der Waals surface area (Å²) in [5, 5.41) is 0. The standard InChI is InChI=1S/C27H34BrN3O/c28-23-13-11-21(12-14-23)19-29-17-15-25(16-18-29)31-26(22-7-3-1-4-8-22)20-30(27(31)32)24-9-5-2-6-10-24/h1,3-4,7-8,11-14,24-26H,2,5-6,9-10,15-20H2/t26-/m0/s1. The van der Waals surface area contributed by atoms with Crippen LogP contribution in [0.5, 0.6) is 0 Å². The number of carbonyl (C=O) groups excluding carboxylic acids is 1. The van der Waals surface area contributed by atoms with Crippen LogP contribution in [-0.4, -0.2) is 52.4 Å². The van der Waals surface area contributed by atoms with E-state index in [9.17, 15) is 4.79 Å². The number of hydrogen-bond acceptors (Lipinski definition) is 2. The largest absolute Gasteiger partial charge is 0.321 e. The molecule has 3 aliphatic rings. The van der Waals surface area contributed by atoms with Gasteiger partial charge in [0.15, 0.2) is 0 Å². The zero-order chi connectivity index (χ0) is 21.9. The second-order valence-electron chi connectivity index (χ2n) is 9.69. The first-order valence-corrected chi connectivity index (χ1v) is 13.1. The van der Waals surface area contributed by atoms with Gasteiger partial charge in [0.2, 0.25) is 0 Å². The lowest BCUT2D eigenvalue weighted by molar-refractivity contribution is 0.106. The molecule has 2 aliphatic heterocycles. The number of piperidine rings is 1. The molecule has 4 nitrogen and oxygen atoms in total. The van der Waals surface area contributed by atoms with Crippen LogP contribution < -0.4 is 0 Å². The molecule has 32 heavy (non-hydrogen) atoms. The van der Waals surface area contributed by atoms with Crippen molar-refractivity contribution in [1.82, 2.24) is 14.7 Å². The van der Waals surface area contributed by atoms with Gasteiger partial charge in [-0.1, -0.05) is 77.7 Å². The molecule has 0 spiro atoms. The summed E-state index contributed by atoms with van der Waals surface area (Å²) in [6, 6.07) is 20.6. The van der Waals surface area contributed by atoms with Crippen LogP contribution in [0.2, 0.25) is 0 Å². The van der Waals surface area contributed by atoms with Gasteiger partial charge < -0.3 is 9.80 Å². The molecule has 1 aliphatic carbocycles. The summed E-state index contributed by atoms with van der Waals surface area (Å²) in [5.41, 5.74) is 2.64. The maximum absolute atomic E-state index is 13.7. The molecule has 5 heteroatoms. The van der Waals surface area contributed by atoms with Gasteiger partial charge in [0.1, 0.15) is 0 Å². The molecule has 5 rings (SSSR count). The zero-order valence-electron chi connectivity index (χ0n) is 18.8. The van der Waals surface area contributed by atoms with Crippen LogP contribution in [0, 0.1) is 0 Å². The molecule has 0 bridgehead atoms. The van der Waals surface area contributed by atoms with Gasteiger partial charge in [-0.3, -0.25) is 4.90 Å². The van der Waals surface area contributed by atoms with Crippen LogP contribution in [0.3, 0.4) is 0 Å². The van der Waals surface area contributed by atoms with Crippen LogP contribution in [-0.2, 0) is 6.54 Å². The van der Waals surface area contributed by atoms with Crippen molar-refractivity contribution in [3.63, 3.8) is 0 Å². The summed E-state index contributed by atoms with van der Waals surface area (Å²) in [5.74, 6) is 0. The summed E-state index contributed by atoms with van der Waals surface area (Å²) in [7, 11) is 0. The van der Waals surface area contributed by atoms with Gasteiger partial charge >= 0.3 is 6.03 Å². The predicted octanol–water partition coefficient (Wildman–Crippen LogP) is 6.23. The number of halogens is 1. The van der Waals surface area contributed by atoms with Crippen LogP contribution in [0.1, 0.15) is 62.1 Å². The Bertz CT molecular complexity index is 889. The topological polar surface area (TPSA) is 26.8 Å². The summed E-state index contributed by atoms with van der Waals surface area (Å²) in [6.45, 7) is 3.95. The average molecular weight is 496 g/mol. The lowest BCUT2D eigenvalue weighted by Crippen LogP contribution is -2.48. The van der Waals surface area contributed by atoms with E-state index in [1.165, 1.54) is 43.2 Å². The van der Waals surface area contributed by atoms with Crippen LogP contribution in [0.15, 0.2) is 59.1 Å². The summed E-state index contributed by atoms with van der Waals surface area (Å²) >= 11 is 3.53. The molecule has 1 atom stereocenters. The third kappa shape index (κ3) is 4.74. The van der Waals surface area contributed by atoms with Gasteiger partial charge in [-0.25, -0.2) is 4.79 Å². The number of rotatable bonds is 5. The minimum atomic E-state index is 0.189. The van der Waals surface area contributed by atoms with E-state index in [2.05, 4.69) is 85.2 Å². The average Bonchev–Trinajstić information content (AvgIpc) is 3.19. The molecule has 0 N–H and O–H groups in total. The predicted molar refractivity (Wildman–Crippen MR) is 132 cm³/mol. The molecule has 0 radical (unpaired) electrons. The summed E-state index contributed by atoms with van der Waals surface area (Å²) in [4.78, 5) is 20.8. The Morgan fingerprint density at radius 3 is 2.19 bits per heavy atom. The first kappa shape index (κ1) is 22.0. The van der Waals surface area contributed by atoms with E-state index in [-0.39, 0.29) is 12.1 Å². The Kier molecular flexibility index (Phi) is 6.84. The highest BCUT2D eigenvalue weighted by Crippen LogP contribution is 2.38. The molecule has 2 amide bonds. The lowest BCUT2D eigenvalue weighted by atomic mass is 9.94. The van der Waals surface area contributed by atoms with E-state index < -0.39 is 0 Å². The zero-order valence-corrected chi connectivity index (χ0v) is 20.4. The van der Waals surface area contributed by atoms with E-state index in [1.807, 2.05) is 0 Å². The van der Waals surface area contributed by atoms with Crippen molar-refractivity contribution in [2.45, 2.75) is 69.6 Å². The van der Waals surface area contributed by atoms with Crippen LogP contribution in [0.25, 0.3) is 0 Å². The van der Waals surface area contributed by atoms with E-state index in [0.29, 0.717) is 12.1 Å². The van der Waals surface area contributed by atoms with Gasteiger partial charge in [-0.15, -0.1) is 0 Å². The summed E-state index contributed by atoms with van der Waals surface area (Å²) in [6.07, 6.45) is 8.31. The molecular formula is C27H34BrN3O. The van der Waals surface area contributed by atoms with Gasteiger partial charge in [-0.2, -0.15) is 0 Å². The van der Waals surface area contributed by atoms with Crippen molar-refractivity contribution < 1.29 is 4.79 Å². The van der Waals surface area contributed by atoms with Gasteiger partial charge in [0.05, 0.1) is 6.04 Å². The van der Waals surface area contributed by atoms with Crippen LogP contribution >= 0.6 is 15.9 Å². The molecule has 1 saturated carbocycles. The van der Waals surface area contributed by atoms with Crippen molar-refractivity contribution in [3.8, 4) is 0 Å².